The van der Waals surface area contributed by atoms with Gasteiger partial charge in [0.1, 0.15) is 18.1 Å². The number of carbonyl (C=O) groups is 1. The molecule has 144 valence electrons. The number of carbonyl (C=O) groups excluding carboxylic acids is 1. The third kappa shape index (κ3) is 5.89. The molecule has 6 heteroatoms. The zero-order chi connectivity index (χ0) is 18.9. The van der Waals surface area contributed by atoms with Gasteiger partial charge in [-0.2, -0.15) is 0 Å². The molecule has 1 N–H and O–H groups in total. The lowest BCUT2D eigenvalue weighted by Crippen LogP contribution is -2.49. The molecule has 0 atom stereocenters. The Bertz CT molecular complexity index is 698. The van der Waals surface area contributed by atoms with Crippen LogP contribution in [0.5, 0.6) is 11.5 Å². The Labute approximate surface area is 160 Å². The van der Waals surface area contributed by atoms with Crippen molar-refractivity contribution < 1.29 is 14.3 Å². The summed E-state index contributed by atoms with van der Waals surface area (Å²) in [5.41, 5.74) is 1.19. The van der Waals surface area contributed by atoms with Gasteiger partial charge in [0.25, 0.3) is 0 Å². The molecule has 1 amide bonds. The number of nitrogens with zero attached hydrogens (tertiary/aromatic N) is 2. The summed E-state index contributed by atoms with van der Waals surface area (Å²) in [7, 11) is 1.67. The van der Waals surface area contributed by atoms with Crippen LogP contribution in [0.3, 0.4) is 0 Å². The highest BCUT2D eigenvalue weighted by molar-refractivity contribution is 5.78. The maximum absolute atomic E-state index is 12.1. The van der Waals surface area contributed by atoms with Gasteiger partial charge in [0.2, 0.25) is 5.91 Å². The number of benzene rings is 2. The average molecular weight is 369 g/mol. The van der Waals surface area contributed by atoms with Crippen LogP contribution in [0.1, 0.15) is 0 Å². The van der Waals surface area contributed by atoms with Gasteiger partial charge in [0.15, 0.2) is 0 Å². The Morgan fingerprint density at radius 1 is 0.963 bits per heavy atom. The lowest BCUT2D eigenvalue weighted by atomic mass is 10.2. The van der Waals surface area contributed by atoms with Crippen molar-refractivity contribution in [2.75, 3.05) is 57.9 Å². The van der Waals surface area contributed by atoms with Gasteiger partial charge in [-0.25, -0.2) is 0 Å². The topological polar surface area (TPSA) is 54.0 Å². The molecule has 0 saturated carbocycles. The zero-order valence-corrected chi connectivity index (χ0v) is 15.8. The number of piperazine rings is 1. The van der Waals surface area contributed by atoms with E-state index in [1.54, 1.807) is 7.11 Å². The summed E-state index contributed by atoms with van der Waals surface area (Å²) in [5.74, 6) is 1.73. The van der Waals surface area contributed by atoms with Crippen LogP contribution >= 0.6 is 0 Å². The van der Waals surface area contributed by atoms with Crippen LogP contribution in [-0.4, -0.2) is 63.8 Å². The first-order valence-electron chi connectivity index (χ1n) is 9.30. The number of para-hydroxylation sites is 1. The van der Waals surface area contributed by atoms with E-state index in [0.29, 0.717) is 19.7 Å². The molecule has 27 heavy (non-hydrogen) atoms. The van der Waals surface area contributed by atoms with Gasteiger partial charge < -0.3 is 19.7 Å². The first kappa shape index (κ1) is 19.0. The third-order valence-electron chi connectivity index (χ3n) is 4.61. The SMILES string of the molecule is COc1ccc(N2CCN(CC(=O)NCCOc3ccccc3)CC2)cc1. The van der Waals surface area contributed by atoms with Gasteiger partial charge >= 0.3 is 0 Å². The predicted molar refractivity (Wildman–Crippen MR) is 107 cm³/mol. The van der Waals surface area contributed by atoms with Crippen LogP contribution in [-0.2, 0) is 4.79 Å². The zero-order valence-electron chi connectivity index (χ0n) is 15.8. The number of hydrogen-bond donors (Lipinski definition) is 1. The van der Waals surface area contributed by atoms with Crippen molar-refractivity contribution in [3.8, 4) is 11.5 Å². The molecule has 6 nitrogen and oxygen atoms in total. The van der Waals surface area contributed by atoms with Gasteiger partial charge in [0.05, 0.1) is 20.2 Å². The number of ether oxygens (including phenoxy) is 2. The highest BCUT2D eigenvalue weighted by Crippen LogP contribution is 2.20. The largest absolute Gasteiger partial charge is 0.497 e. The van der Waals surface area contributed by atoms with Crippen LogP contribution in [0.25, 0.3) is 0 Å². The van der Waals surface area contributed by atoms with Crippen LogP contribution in [0.4, 0.5) is 5.69 Å². The molecule has 0 radical (unpaired) electrons. The van der Waals surface area contributed by atoms with Crippen molar-refractivity contribution in [1.29, 1.82) is 0 Å². The number of methoxy groups -OCH3 is 1. The molecule has 3 rings (SSSR count). The van der Waals surface area contributed by atoms with Crippen LogP contribution in [0, 0.1) is 0 Å². The number of anilines is 1. The summed E-state index contributed by atoms with van der Waals surface area (Å²) in [4.78, 5) is 16.6. The standard InChI is InChI=1S/C21H27N3O3/c1-26-19-9-7-18(8-10-19)24-14-12-23(13-15-24)17-21(25)22-11-16-27-20-5-3-2-4-6-20/h2-10H,11-17H2,1H3,(H,22,25). The highest BCUT2D eigenvalue weighted by Gasteiger charge is 2.19. The minimum absolute atomic E-state index is 0.0459. The molecular formula is C21H27N3O3. The van der Waals surface area contributed by atoms with E-state index in [1.165, 1.54) is 5.69 Å². The maximum atomic E-state index is 12.1. The normalized spacial score (nSPS) is 14.6. The van der Waals surface area contributed by atoms with Gasteiger partial charge in [-0.1, -0.05) is 18.2 Å². The number of hydrogen-bond acceptors (Lipinski definition) is 5. The monoisotopic (exact) mass is 369 g/mol. The minimum atomic E-state index is 0.0459. The Morgan fingerprint density at radius 2 is 1.67 bits per heavy atom. The van der Waals surface area contributed by atoms with E-state index < -0.39 is 0 Å². The van der Waals surface area contributed by atoms with Gasteiger partial charge in [-0.15, -0.1) is 0 Å². The van der Waals surface area contributed by atoms with Crippen LogP contribution < -0.4 is 19.7 Å². The molecule has 0 aliphatic carbocycles. The van der Waals surface area contributed by atoms with Crippen LogP contribution in [0.15, 0.2) is 54.6 Å². The number of amides is 1. The van der Waals surface area contributed by atoms with Gasteiger partial charge in [0, 0.05) is 31.9 Å². The fraction of sp³-hybridized carbons (Fsp3) is 0.381. The molecule has 0 spiro atoms. The molecule has 1 saturated heterocycles. The van der Waals surface area contributed by atoms with Crippen molar-refractivity contribution >= 4 is 11.6 Å². The summed E-state index contributed by atoms with van der Waals surface area (Å²) < 4.78 is 10.8. The summed E-state index contributed by atoms with van der Waals surface area (Å²) in [5, 5.41) is 2.92. The Morgan fingerprint density at radius 3 is 2.33 bits per heavy atom. The quantitative estimate of drug-likeness (QED) is 0.722. The molecule has 1 aliphatic rings. The van der Waals surface area contributed by atoms with Crippen LogP contribution in [0.2, 0.25) is 0 Å². The summed E-state index contributed by atoms with van der Waals surface area (Å²) in [6, 6.07) is 17.7. The van der Waals surface area contributed by atoms with Gasteiger partial charge in [-0.05, 0) is 36.4 Å². The Hall–Kier alpha value is -2.73. The van der Waals surface area contributed by atoms with Gasteiger partial charge in [-0.3, -0.25) is 9.69 Å². The molecule has 1 aliphatic heterocycles. The van der Waals surface area contributed by atoms with E-state index in [2.05, 4.69) is 27.2 Å². The van der Waals surface area contributed by atoms with E-state index in [1.807, 2.05) is 42.5 Å². The minimum Gasteiger partial charge on any atom is -0.497 e. The van der Waals surface area contributed by atoms with Crippen molar-refractivity contribution in [2.24, 2.45) is 0 Å². The first-order valence-corrected chi connectivity index (χ1v) is 9.30. The third-order valence-corrected chi connectivity index (χ3v) is 4.61. The smallest absolute Gasteiger partial charge is 0.234 e. The fourth-order valence-electron chi connectivity index (χ4n) is 3.09. The van der Waals surface area contributed by atoms with E-state index in [9.17, 15) is 4.79 Å². The molecule has 0 bridgehead atoms. The second-order valence-corrected chi connectivity index (χ2v) is 6.47. The van der Waals surface area contributed by atoms with Crippen molar-refractivity contribution in [3.05, 3.63) is 54.6 Å². The van der Waals surface area contributed by atoms with Crippen molar-refractivity contribution in [3.63, 3.8) is 0 Å². The number of rotatable bonds is 8. The van der Waals surface area contributed by atoms with E-state index in [4.69, 9.17) is 9.47 Å². The molecule has 0 unspecified atom stereocenters. The molecule has 1 heterocycles. The van der Waals surface area contributed by atoms with E-state index in [0.717, 1.165) is 37.7 Å². The number of nitrogens with one attached hydrogen (secondary N) is 1. The Kier molecular flexibility index (Phi) is 6.93. The molecule has 0 aromatic heterocycles. The second-order valence-electron chi connectivity index (χ2n) is 6.47. The first-order chi connectivity index (χ1) is 13.2. The molecular weight excluding hydrogens is 342 g/mol. The second kappa shape index (κ2) is 9.83. The average Bonchev–Trinajstić information content (AvgIpc) is 2.73. The molecule has 2 aromatic rings. The van der Waals surface area contributed by atoms with Crippen molar-refractivity contribution in [2.45, 2.75) is 0 Å². The van der Waals surface area contributed by atoms with E-state index in [-0.39, 0.29) is 5.91 Å². The summed E-state index contributed by atoms with van der Waals surface area (Å²) in [6.07, 6.45) is 0. The Balaban J connectivity index is 1.33. The fourth-order valence-corrected chi connectivity index (χ4v) is 3.09. The highest BCUT2D eigenvalue weighted by atomic mass is 16.5. The summed E-state index contributed by atoms with van der Waals surface area (Å²) in [6.45, 7) is 5.00. The maximum Gasteiger partial charge on any atom is 0.234 e. The lowest BCUT2D eigenvalue weighted by molar-refractivity contribution is -0.122. The van der Waals surface area contributed by atoms with E-state index >= 15 is 0 Å². The molecule has 2 aromatic carbocycles. The summed E-state index contributed by atoms with van der Waals surface area (Å²) >= 11 is 0. The van der Waals surface area contributed by atoms with Crippen molar-refractivity contribution in [1.82, 2.24) is 10.2 Å². The molecule has 1 fully saturated rings. The lowest BCUT2D eigenvalue weighted by Gasteiger charge is -2.35. The predicted octanol–water partition coefficient (Wildman–Crippen LogP) is 2.01.